The molecule has 2 aliphatic rings. The summed E-state index contributed by atoms with van der Waals surface area (Å²) in [5.74, 6) is 1.86. The van der Waals surface area contributed by atoms with Gasteiger partial charge in [-0.1, -0.05) is 0 Å². The van der Waals surface area contributed by atoms with Crippen molar-refractivity contribution in [3.05, 3.63) is 15.3 Å². The molecule has 1 fully saturated rings. The Morgan fingerprint density at radius 1 is 1.40 bits per heavy atom. The molecule has 1 aromatic heterocycles. The topological polar surface area (TPSA) is 21.6 Å². The van der Waals surface area contributed by atoms with E-state index >= 15 is 0 Å². The standard InChI is InChI=1S/C12H15NOS/c1-7-8(2)15-11-5-13-10(9-3-4-9)6-14-12(7)11/h5,9-10H,3-4,6H2,1-2H3. The van der Waals surface area contributed by atoms with Gasteiger partial charge in [-0.3, -0.25) is 4.99 Å². The number of aliphatic imine (C=N–C) groups is 1. The Hall–Kier alpha value is -0.830. The number of thiophene rings is 1. The molecule has 0 spiro atoms. The van der Waals surface area contributed by atoms with Crippen molar-refractivity contribution in [2.45, 2.75) is 32.7 Å². The molecule has 0 bridgehead atoms. The van der Waals surface area contributed by atoms with Crippen LogP contribution < -0.4 is 4.74 Å². The number of hydrogen-bond donors (Lipinski definition) is 0. The fourth-order valence-electron chi connectivity index (χ4n) is 2.01. The summed E-state index contributed by atoms with van der Waals surface area (Å²) >= 11 is 1.79. The van der Waals surface area contributed by atoms with Gasteiger partial charge in [0.2, 0.25) is 0 Å². The molecule has 3 heteroatoms. The van der Waals surface area contributed by atoms with E-state index in [9.17, 15) is 0 Å². The maximum Gasteiger partial charge on any atom is 0.142 e. The molecule has 80 valence electrons. The molecule has 2 heterocycles. The number of fused-ring (bicyclic) bond motifs is 1. The molecule has 3 rings (SSSR count). The summed E-state index contributed by atoms with van der Waals surface area (Å²) in [5.41, 5.74) is 1.29. The summed E-state index contributed by atoms with van der Waals surface area (Å²) in [6, 6.07) is 0.407. The van der Waals surface area contributed by atoms with E-state index < -0.39 is 0 Å². The number of rotatable bonds is 1. The predicted octanol–water partition coefficient (Wildman–Crippen LogP) is 2.95. The van der Waals surface area contributed by atoms with Crippen LogP contribution in [0.3, 0.4) is 0 Å². The van der Waals surface area contributed by atoms with Gasteiger partial charge in [-0.05, 0) is 32.6 Å². The summed E-state index contributed by atoms with van der Waals surface area (Å²) in [7, 11) is 0. The van der Waals surface area contributed by atoms with Gasteiger partial charge >= 0.3 is 0 Å². The zero-order valence-electron chi connectivity index (χ0n) is 9.12. The third-order valence-electron chi connectivity index (χ3n) is 3.30. The summed E-state index contributed by atoms with van der Waals surface area (Å²) in [6.45, 7) is 5.05. The van der Waals surface area contributed by atoms with Crippen molar-refractivity contribution in [1.29, 1.82) is 0 Å². The molecule has 1 atom stereocenters. The number of aryl methyl sites for hydroxylation is 1. The molecule has 1 aromatic rings. The van der Waals surface area contributed by atoms with E-state index in [2.05, 4.69) is 18.8 Å². The van der Waals surface area contributed by atoms with Crippen LogP contribution in [0.4, 0.5) is 0 Å². The van der Waals surface area contributed by atoms with Crippen LogP contribution in [0.25, 0.3) is 0 Å². The average Bonchev–Trinajstić information content (AvgIpc) is 2.99. The second kappa shape index (κ2) is 3.34. The molecule has 0 aromatic carbocycles. The molecule has 0 amide bonds. The fourth-order valence-corrected chi connectivity index (χ4v) is 3.00. The third kappa shape index (κ3) is 1.59. The molecule has 2 nitrogen and oxygen atoms in total. The molecular weight excluding hydrogens is 206 g/mol. The van der Waals surface area contributed by atoms with Gasteiger partial charge in [-0.2, -0.15) is 0 Å². The first kappa shape index (κ1) is 9.40. The van der Waals surface area contributed by atoms with Gasteiger partial charge in [-0.25, -0.2) is 0 Å². The van der Waals surface area contributed by atoms with E-state index in [0.717, 1.165) is 18.3 Å². The highest BCUT2D eigenvalue weighted by molar-refractivity contribution is 7.14. The van der Waals surface area contributed by atoms with E-state index in [1.54, 1.807) is 11.3 Å². The van der Waals surface area contributed by atoms with Gasteiger partial charge in [0.05, 0.1) is 10.9 Å². The summed E-state index contributed by atoms with van der Waals surface area (Å²) in [5, 5.41) is 0. The number of ether oxygens (including phenoxy) is 1. The first-order valence-corrected chi connectivity index (χ1v) is 6.33. The van der Waals surface area contributed by atoms with Crippen molar-refractivity contribution in [1.82, 2.24) is 0 Å². The van der Waals surface area contributed by atoms with Gasteiger partial charge < -0.3 is 4.74 Å². The quantitative estimate of drug-likeness (QED) is 0.714. The van der Waals surface area contributed by atoms with Crippen molar-refractivity contribution in [2.75, 3.05) is 6.61 Å². The monoisotopic (exact) mass is 221 g/mol. The van der Waals surface area contributed by atoms with Crippen LogP contribution in [-0.4, -0.2) is 18.9 Å². The first-order chi connectivity index (χ1) is 7.25. The maximum atomic E-state index is 5.90. The number of hydrogen-bond acceptors (Lipinski definition) is 3. The summed E-state index contributed by atoms with van der Waals surface area (Å²) < 4.78 is 5.90. The SMILES string of the molecule is Cc1sc2c(c1C)OCC(C1CC1)N=C2. The summed E-state index contributed by atoms with van der Waals surface area (Å²) in [4.78, 5) is 7.19. The second-order valence-corrected chi connectivity index (χ2v) is 5.73. The zero-order chi connectivity index (χ0) is 10.4. The van der Waals surface area contributed by atoms with E-state index in [1.165, 1.54) is 28.2 Å². The lowest BCUT2D eigenvalue weighted by Gasteiger charge is -2.10. The normalized spacial score (nSPS) is 24.5. The smallest absolute Gasteiger partial charge is 0.142 e. The van der Waals surface area contributed by atoms with Crippen molar-refractivity contribution in [3.63, 3.8) is 0 Å². The average molecular weight is 221 g/mol. The third-order valence-corrected chi connectivity index (χ3v) is 4.43. The van der Waals surface area contributed by atoms with Gasteiger partial charge in [0.25, 0.3) is 0 Å². The van der Waals surface area contributed by atoms with Crippen LogP contribution in [0.1, 0.15) is 28.2 Å². The Morgan fingerprint density at radius 2 is 2.20 bits per heavy atom. The maximum absolute atomic E-state index is 5.90. The molecular formula is C12H15NOS. The Labute approximate surface area is 94.0 Å². The number of nitrogens with zero attached hydrogens (tertiary/aromatic N) is 1. The molecule has 1 aliphatic carbocycles. The molecule has 1 aliphatic heterocycles. The first-order valence-electron chi connectivity index (χ1n) is 5.51. The lowest BCUT2D eigenvalue weighted by molar-refractivity contribution is 0.280. The fraction of sp³-hybridized carbons (Fsp3) is 0.583. The Kier molecular flexibility index (Phi) is 2.09. The van der Waals surface area contributed by atoms with E-state index in [-0.39, 0.29) is 0 Å². The van der Waals surface area contributed by atoms with E-state index in [4.69, 9.17) is 4.74 Å². The van der Waals surface area contributed by atoms with Crippen LogP contribution in [0.15, 0.2) is 4.99 Å². The summed E-state index contributed by atoms with van der Waals surface area (Å²) in [6.07, 6.45) is 4.68. The molecule has 0 N–H and O–H groups in total. The molecule has 0 saturated heterocycles. The van der Waals surface area contributed by atoms with Crippen molar-refractivity contribution >= 4 is 17.6 Å². The van der Waals surface area contributed by atoms with E-state index in [1.807, 2.05) is 6.21 Å². The van der Waals surface area contributed by atoms with Crippen molar-refractivity contribution in [3.8, 4) is 5.75 Å². The molecule has 1 saturated carbocycles. The molecule has 0 radical (unpaired) electrons. The van der Waals surface area contributed by atoms with Crippen molar-refractivity contribution < 1.29 is 4.74 Å². The van der Waals surface area contributed by atoms with E-state index in [0.29, 0.717) is 6.04 Å². The molecule has 15 heavy (non-hydrogen) atoms. The van der Waals surface area contributed by atoms with Gasteiger partial charge in [-0.15, -0.1) is 11.3 Å². The second-order valence-electron chi connectivity index (χ2n) is 4.47. The minimum absolute atomic E-state index is 0.407. The zero-order valence-corrected chi connectivity index (χ0v) is 9.93. The van der Waals surface area contributed by atoms with Crippen LogP contribution in [0, 0.1) is 19.8 Å². The lowest BCUT2D eigenvalue weighted by atomic mass is 10.2. The highest BCUT2D eigenvalue weighted by Gasteiger charge is 2.32. The highest BCUT2D eigenvalue weighted by Crippen LogP contribution is 2.39. The highest BCUT2D eigenvalue weighted by atomic mass is 32.1. The van der Waals surface area contributed by atoms with Crippen LogP contribution in [0.2, 0.25) is 0 Å². The minimum atomic E-state index is 0.407. The Balaban J connectivity index is 1.92. The van der Waals surface area contributed by atoms with Crippen LogP contribution in [0.5, 0.6) is 5.75 Å². The van der Waals surface area contributed by atoms with Gasteiger partial charge in [0.15, 0.2) is 0 Å². The van der Waals surface area contributed by atoms with Crippen LogP contribution in [-0.2, 0) is 0 Å². The Bertz CT molecular complexity index is 418. The molecule has 1 unspecified atom stereocenters. The predicted molar refractivity (Wildman–Crippen MR) is 63.4 cm³/mol. The minimum Gasteiger partial charge on any atom is -0.489 e. The lowest BCUT2D eigenvalue weighted by Crippen LogP contribution is -2.16. The van der Waals surface area contributed by atoms with Gasteiger partial charge in [0.1, 0.15) is 12.4 Å². The van der Waals surface area contributed by atoms with Gasteiger partial charge in [0, 0.05) is 16.7 Å². The Morgan fingerprint density at radius 3 is 2.93 bits per heavy atom. The van der Waals surface area contributed by atoms with Crippen LogP contribution >= 0.6 is 11.3 Å². The largest absolute Gasteiger partial charge is 0.489 e. The van der Waals surface area contributed by atoms with Crippen molar-refractivity contribution in [2.24, 2.45) is 10.9 Å².